The lowest BCUT2D eigenvalue weighted by molar-refractivity contribution is 0.414. The SMILES string of the molecule is COc1ccc(CC2CC(C)Nc3ccccc32)cc1. The van der Waals surface area contributed by atoms with Crippen LogP contribution in [0.4, 0.5) is 5.69 Å². The van der Waals surface area contributed by atoms with Gasteiger partial charge in [-0.1, -0.05) is 30.3 Å². The maximum Gasteiger partial charge on any atom is 0.118 e. The lowest BCUT2D eigenvalue weighted by Crippen LogP contribution is -2.26. The summed E-state index contributed by atoms with van der Waals surface area (Å²) in [6.45, 7) is 2.26. The first-order chi connectivity index (χ1) is 9.76. The Bertz CT molecular complexity index is 576. The quantitative estimate of drug-likeness (QED) is 0.898. The van der Waals surface area contributed by atoms with Crippen LogP contribution in [-0.4, -0.2) is 13.2 Å². The third-order valence-electron chi connectivity index (χ3n) is 4.08. The molecule has 0 saturated carbocycles. The molecule has 0 amide bonds. The number of anilines is 1. The number of para-hydroxylation sites is 1. The van der Waals surface area contributed by atoms with Crippen LogP contribution in [0, 0.1) is 0 Å². The minimum atomic E-state index is 0.535. The van der Waals surface area contributed by atoms with Crippen LogP contribution in [0.15, 0.2) is 48.5 Å². The van der Waals surface area contributed by atoms with E-state index in [0.717, 1.165) is 12.2 Å². The lowest BCUT2D eigenvalue weighted by atomic mass is 9.83. The molecule has 1 N–H and O–H groups in total. The standard InChI is InChI=1S/C18H21NO/c1-13-11-15(17-5-3-4-6-18(17)19-13)12-14-7-9-16(20-2)10-8-14/h3-10,13,15,19H,11-12H2,1-2H3. The van der Waals surface area contributed by atoms with Crippen molar-refractivity contribution in [1.29, 1.82) is 0 Å². The van der Waals surface area contributed by atoms with Gasteiger partial charge in [-0.3, -0.25) is 0 Å². The van der Waals surface area contributed by atoms with Crippen molar-refractivity contribution >= 4 is 5.69 Å². The van der Waals surface area contributed by atoms with Gasteiger partial charge in [-0.05, 0) is 55.0 Å². The molecule has 104 valence electrons. The average Bonchev–Trinajstić information content (AvgIpc) is 2.48. The van der Waals surface area contributed by atoms with Crippen molar-refractivity contribution < 1.29 is 4.74 Å². The number of fused-ring (bicyclic) bond motifs is 1. The number of rotatable bonds is 3. The van der Waals surface area contributed by atoms with Crippen molar-refractivity contribution in [2.45, 2.75) is 31.7 Å². The summed E-state index contributed by atoms with van der Waals surface area (Å²) < 4.78 is 5.22. The molecule has 2 heteroatoms. The van der Waals surface area contributed by atoms with Crippen LogP contribution >= 0.6 is 0 Å². The van der Waals surface area contributed by atoms with Crippen molar-refractivity contribution in [3.05, 3.63) is 59.7 Å². The van der Waals surface area contributed by atoms with E-state index in [1.807, 2.05) is 12.1 Å². The van der Waals surface area contributed by atoms with Gasteiger partial charge in [-0.2, -0.15) is 0 Å². The van der Waals surface area contributed by atoms with Crippen LogP contribution < -0.4 is 10.1 Å². The van der Waals surface area contributed by atoms with Crippen LogP contribution in [0.3, 0.4) is 0 Å². The first kappa shape index (κ1) is 13.0. The van der Waals surface area contributed by atoms with Crippen LogP contribution in [-0.2, 0) is 6.42 Å². The molecule has 1 aliphatic heterocycles. The Hall–Kier alpha value is -1.96. The zero-order valence-electron chi connectivity index (χ0n) is 12.1. The van der Waals surface area contributed by atoms with Crippen LogP contribution in [0.25, 0.3) is 0 Å². The zero-order chi connectivity index (χ0) is 13.9. The summed E-state index contributed by atoms with van der Waals surface area (Å²) >= 11 is 0. The molecule has 2 nitrogen and oxygen atoms in total. The van der Waals surface area contributed by atoms with E-state index >= 15 is 0 Å². The summed E-state index contributed by atoms with van der Waals surface area (Å²) in [7, 11) is 1.71. The summed E-state index contributed by atoms with van der Waals surface area (Å²) in [6, 6.07) is 17.7. The number of nitrogens with one attached hydrogen (secondary N) is 1. The first-order valence-corrected chi connectivity index (χ1v) is 7.24. The minimum absolute atomic E-state index is 0.535. The van der Waals surface area contributed by atoms with Gasteiger partial charge in [0, 0.05) is 11.7 Å². The Labute approximate surface area is 120 Å². The van der Waals surface area contributed by atoms with Gasteiger partial charge in [0.1, 0.15) is 5.75 Å². The van der Waals surface area contributed by atoms with Gasteiger partial charge in [0.05, 0.1) is 7.11 Å². The van der Waals surface area contributed by atoms with Crippen molar-refractivity contribution in [2.24, 2.45) is 0 Å². The summed E-state index contributed by atoms with van der Waals surface area (Å²) in [5.41, 5.74) is 4.12. The van der Waals surface area contributed by atoms with E-state index in [9.17, 15) is 0 Å². The maximum atomic E-state index is 5.22. The minimum Gasteiger partial charge on any atom is -0.497 e. The third-order valence-corrected chi connectivity index (χ3v) is 4.08. The normalized spacial score (nSPS) is 20.9. The van der Waals surface area contributed by atoms with E-state index in [-0.39, 0.29) is 0 Å². The zero-order valence-corrected chi connectivity index (χ0v) is 12.1. The van der Waals surface area contributed by atoms with Gasteiger partial charge in [0.15, 0.2) is 0 Å². The predicted molar refractivity (Wildman–Crippen MR) is 83.6 cm³/mol. The molecule has 3 rings (SSSR count). The van der Waals surface area contributed by atoms with Crippen molar-refractivity contribution in [2.75, 3.05) is 12.4 Å². The maximum absolute atomic E-state index is 5.22. The highest BCUT2D eigenvalue weighted by molar-refractivity contribution is 5.56. The summed E-state index contributed by atoms with van der Waals surface area (Å²) in [5, 5.41) is 3.57. The van der Waals surface area contributed by atoms with E-state index in [0.29, 0.717) is 12.0 Å². The first-order valence-electron chi connectivity index (χ1n) is 7.24. The van der Waals surface area contributed by atoms with Gasteiger partial charge in [0.25, 0.3) is 0 Å². The molecule has 0 radical (unpaired) electrons. The molecule has 0 spiro atoms. The van der Waals surface area contributed by atoms with E-state index in [1.54, 1.807) is 7.11 Å². The van der Waals surface area contributed by atoms with E-state index in [1.165, 1.54) is 23.2 Å². The Balaban J connectivity index is 1.83. The molecular formula is C18H21NO. The topological polar surface area (TPSA) is 21.3 Å². The highest BCUT2D eigenvalue weighted by Gasteiger charge is 2.23. The van der Waals surface area contributed by atoms with Gasteiger partial charge < -0.3 is 10.1 Å². The second-order valence-corrected chi connectivity index (χ2v) is 5.62. The van der Waals surface area contributed by atoms with E-state index < -0.39 is 0 Å². The fourth-order valence-corrected chi connectivity index (χ4v) is 3.10. The molecule has 1 aliphatic rings. The number of methoxy groups -OCH3 is 1. The number of benzene rings is 2. The Morgan fingerprint density at radius 3 is 2.60 bits per heavy atom. The van der Waals surface area contributed by atoms with Gasteiger partial charge >= 0.3 is 0 Å². The van der Waals surface area contributed by atoms with Crippen LogP contribution in [0.5, 0.6) is 5.75 Å². The monoisotopic (exact) mass is 267 g/mol. The molecule has 2 unspecified atom stereocenters. The van der Waals surface area contributed by atoms with Crippen LogP contribution in [0.2, 0.25) is 0 Å². The molecule has 2 atom stereocenters. The second-order valence-electron chi connectivity index (χ2n) is 5.62. The van der Waals surface area contributed by atoms with Crippen LogP contribution in [0.1, 0.15) is 30.4 Å². The average molecular weight is 267 g/mol. The summed E-state index contributed by atoms with van der Waals surface area (Å²) in [4.78, 5) is 0. The molecule has 20 heavy (non-hydrogen) atoms. The van der Waals surface area contributed by atoms with Crippen molar-refractivity contribution in [3.63, 3.8) is 0 Å². The third kappa shape index (κ3) is 2.64. The highest BCUT2D eigenvalue weighted by Crippen LogP contribution is 2.36. The van der Waals surface area contributed by atoms with Gasteiger partial charge in [-0.15, -0.1) is 0 Å². The molecule has 0 aliphatic carbocycles. The molecule has 1 heterocycles. The summed E-state index contributed by atoms with van der Waals surface area (Å²) in [6.07, 6.45) is 2.27. The second kappa shape index (κ2) is 5.58. The Morgan fingerprint density at radius 1 is 1.10 bits per heavy atom. The summed E-state index contributed by atoms with van der Waals surface area (Å²) in [5.74, 6) is 1.52. The fourth-order valence-electron chi connectivity index (χ4n) is 3.10. The molecule has 0 fully saturated rings. The number of ether oxygens (including phenoxy) is 1. The number of hydrogen-bond donors (Lipinski definition) is 1. The molecule has 2 aromatic carbocycles. The van der Waals surface area contributed by atoms with Crippen molar-refractivity contribution in [3.8, 4) is 5.75 Å². The smallest absolute Gasteiger partial charge is 0.118 e. The molecule has 0 aromatic heterocycles. The number of hydrogen-bond acceptors (Lipinski definition) is 2. The molecule has 0 saturated heterocycles. The Morgan fingerprint density at radius 2 is 1.85 bits per heavy atom. The highest BCUT2D eigenvalue weighted by atomic mass is 16.5. The van der Waals surface area contributed by atoms with Gasteiger partial charge in [-0.25, -0.2) is 0 Å². The largest absolute Gasteiger partial charge is 0.497 e. The fraction of sp³-hybridized carbons (Fsp3) is 0.333. The van der Waals surface area contributed by atoms with E-state index in [2.05, 4.69) is 48.6 Å². The molecular weight excluding hydrogens is 246 g/mol. The van der Waals surface area contributed by atoms with Gasteiger partial charge in [0.2, 0.25) is 0 Å². The Kier molecular flexibility index (Phi) is 3.64. The van der Waals surface area contributed by atoms with E-state index in [4.69, 9.17) is 4.74 Å². The molecule has 2 aromatic rings. The lowest BCUT2D eigenvalue weighted by Gasteiger charge is -2.31. The van der Waals surface area contributed by atoms with Crippen molar-refractivity contribution in [1.82, 2.24) is 0 Å². The predicted octanol–water partition coefficient (Wildman–Crippen LogP) is 4.23. The molecule has 0 bridgehead atoms.